The maximum atomic E-state index is 10.3. The number of nitrogens with zero attached hydrogens (tertiary/aromatic N) is 5. The van der Waals surface area contributed by atoms with Crippen molar-refractivity contribution in [2.45, 2.75) is 12.8 Å². The third-order valence-electron chi connectivity index (χ3n) is 2.52. The van der Waals surface area contributed by atoms with Crippen LogP contribution in [0.3, 0.4) is 0 Å². The van der Waals surface area contributed by atoms with Crippen molar-refractivity contribution >= 4 is 11.6 Å². The lowest BCUT2D eigenvalue weighted by Crippen LogP contribution is -2.20. The lowest BCUT2D eigenvalue weighted by molar-refractivity contribution is 0.905. The Morgan fingerprint density at radius 3 is 2.80 bits per heavy atom. The van der Waals surface area contributed by atoms with E-state index in [9.17, 15) is 4.91 Å². The summed E-state index contributed by atoms with van der Waals surface area (Å²) < 4.78 is 0. The lowest BCUT2D eigenvalue weighted by Gasteiger charge is -2.17. The smallest absolute Gasteiger partial charge is 0.156 e. The van der Waals surface area contributed by atoms with Gasteiger partial charge in [-0.3, -0.25) is 0 Å². The Hall–Kier alpha value is -1.72. The fraction of sp³-hybridized carbons (Fsp3) is 0.556. The topological polar surface area (TPSA) is 61.7 Å². The lowest BCUT2D eigenvalue weighted by atomic mass is 10.4. The largest absolute Gasteiger partial charge is 0.356 e. The van der Waals surface area contributed by atoms with Crippen LogP contribution in [0.15, 0.2) is 17.7 Å². The molecule has 0 saturated carbocycles. The molecular formula is C9H13N5O. The van der Waals surface area contributed by atoms with Crippen LogP contribution < -0.4 is 9.91 Å². The molecule has 0 aliphatic carbocycles. The van der Waals surface area contributed by atoms with Crippen LogP contribution in [0.4, 0.5) is 11.6 Å². The normalized spacial score (nSPS) is 15.4. The van der Waals surface area contributed by atoms with E-state index in [-0.39, 0.29) is 0 Å². The standard InChI is InChI=1S/C9H13N5O/c1-13(12-15)8-6-9(11-7-10-8)14-4-2-3-5-14/h6-7H,2-5H2,1H3. The fourth-order valence-corrected chi connectivity index (χ4v) is 1.68. The first-order valence-corrected chi connectivity index (χ1v) is 4.95. The van der Waals surface area contributed by atoms with Gasteiger partial charge in [-0.05, 0) is 12.8 Å². The number of rotatable bonds is 3. The molecule has 6 nitrogen and oxygen atoms in total. The van der Waals surface area contributed by atoms with Crippen LogP contribution in [0.25, 0.3) is 0 Å². The van der Waals surface area contributed by atoms with Gasteiger partial charge < -0.3 is 4.90 Å². The molecule has 0 bridgehead atoms. The molecule has 80 valence electrons. The summed E-state index contributed by atoms with van der Waals surface area (Å²) in [6.45, 7) is 2.05. The Labute approximate surface area is 87.9 Å². The van der Waals surface area contributed by atoms with Gasteiger partial charge in [-0.15, -0.1) is 4.91 Å². The molecule has 0 amide bonds. The van der Waals surface area contributed by atoms with E-state index in [4.69, 9.17) is 0 Å². The molecule has 0 unspecified atom stereocenters. The Bertz CT molecular complexity index is 350. The summed E-state index contributed by atoms with van der Waals surface area (Å²) in [5, 5.41) is 4.00. The molecule has 0 radical (unpaired) electrons. The van der Waals surface area contributed by atoms with E-state index < -0.39 is 0 Å². The molecule has 2 heterocycles. The summed E-state index contributed by atoms with van der Waals surface area (Å²) in [6.07, 6.45) is 3.85. The van der Waals surface area contributed by atoms with E-state index in [0.717, 1.165) is 18.9 Å². The minimum absolute atomic E-state index is 0.530. The molecule has 1 saturated heterocycles. The average molecular weight is 207 g/mol. The van der Waals surface area contributed by atoms with E-state index in [1.54, 1.807) is 13.1 Å². The zero-order valence-corrected chi connectivity index (χ0v) is 8.63. The van der Waals surface area contributed by atoms with Gasteiger partial charge in [0.1, 0.15) is 12.1 Å². The number of aromatic nitrogens is 2. The Kier molecular flexibility index (Phi) is 2.75. The van der Waals surface area contributed by atoms with Crippen LogP contribution in [0.2, 0.25) is 0 Å². The van der Waals surface area contributed by atoms with Crippen LogP contribution in [0.5, 0.6) is 0 Å². The Morgan fingerprint density at radius 2 is 2.13 bits per heavy atom. The maximum Gasteiger partial charge on any atom is 0.156 e. The molecule has 0 N–H and O–H groups in total. The van der Waals surface area contributed by atoms with Crippen molar-refractivity contribution in [2.24, 2.45) is 5.29 Å². The van der Waals surface area contributed by atoms with Crippen LogP contribution in [-0.2, 0) is 0 Å². The van der Waals surface area contributed by atoms with Crippen molar-refractivity contribution in [3.05, 3.63) is 17.3 Å². The van der Waals surface area contributed by atoms with Gasteiger partial charge in [-0.1, -0.05) is 0 Å². The first kappa shape index (κ1) is 9.82. The molecule has 15 heavy (non-hydrogen) atoms. The van der Waals surface area contributed by atoms with Crippen molar-refractivity contribution in [3.8, 4) is 0 Å². The van der Waals surface area contributed by atoms with Gasteiger partial charge in [0, 0.05) is 26.2 Å². The Balaban J connectivity index is 2.21. The predicted molar refractivity (Wildman–Crippen MR) is 57.7 cm³/mol. The van der Waals surface area contributed by atoms with Gasteiger partial charge in [0.05, 0.1) is 5.29 Å². The molecule has 2 rings (SSSR count). The minimum atomic E-state index is 0.530. The third kappa shape index (κ3) is 2.03. The second-order valence-corrected chi connectivity index (χ2v) is 3.53. The van der Waals surface area contributed by atoms with Gasteiger partial charge in [0.25, 0.3) is 0 Å². The van der Waals surface area contributed by atoms with E-state index in [1.165, 1.54) is 24.2 Å². The quantitative estimate of drug-likeness (QED) is 0.550. The first-order chi connectivity index (χ1) is 7.31. The summed E-state index contributed by atoms with van der Waals surface area (Å²) in [7, 11) is 1.57. The highest BCUT2D eigenvalue weighted by molar-refractivity contribution is 5.49. The highest BCUT2D eigenvalue weighted by atomic mass is 16.3. The van der Waals surface area contributed by atoms with Crippen molar-refractivity contribution in [2.75, 3.05) is 30.0 Å². The zero-order chi connectivity index (χ0) is 10.7. The molecule has 1 aliphatic heterocycles. The van der Waals surface area contributed by atoms with Gasteiger partial charge in [-0.2, -0.15) is 0 Å². The Morgan fingerprint density at radius 1 is 1.40 bits per heavy atom. The fourth-order valence-electron chi connectivity index (χ4n) is 1.68. The van der Waals surface area contributed by atoms with Gasteiger partial charge >= 0.3 is 0 Å². The van der Waals surface area contributed by atoms with Crippen LogP contribution >= 0.6 is 0 Å². The summed E-state index contributed by atoms with van der Waals surface area (Å²) in [5.41, 5.74) is 0. The second kappa shape index (κ2) is 4.20. The molecule has 1 aromatic rings. The molecule has 1 aliphatic rings. The van der Waals surface area contributed by atoms with E-state index in [1.807, 2.05) is 0 Å². The second-order valence-electron chi connectivity index (χ2n) is 3.53. The number of anilines is 2. The molecule has 1 aromatic heterocycles. The average Bonchev–Trinajstić information content (AvgIpc) is 2.82. The highest BCUT2D eigenvalue weighted by Gasteiger charge is 2.14. The summed E-state index contributed by atoms with van der Waals surface area (Å²) in [6, 6.07) is 1.78. The van der Waals surface area contributed by atoms with Gasteiger partial charge in [0.2, 0.25) is 0 Å². The maximum absolute atomic E-state index is 10.3. The van der Waals surface area contributed by atoms with Gasteiger partial charge in [-0.25, -0.2) is 15.0 Å². The highest BCUT2D eigenvalue weighted by Crippen LogP contribution is 2.20. The monoisotopic (exact) mass is 207 g/mol. The minimum Gasteiger partial charge on any atom is -0.356 e. The SMILES string of the molecule is CN(N=O)c1cc(N2CCCC2)ncn1. The van der Waals surface area contributed by atoms with Crippen LogP contribution in [0, 0.1) is 4.91 Å². The van der Waals surface area contributed by atoms with Crippen LogP contribution in [0.1, 0.15) is 12.8 Å². The summed E-state index contributed by atoms with van der Waals surface area (Å²) in [5.74, 6) is 1.40. The first-order valence-electron chi connectivity index (χ1n) is 4.95. The van der Waals surface area contributed by atoms with E-state index >= 15 is 0 Å². The molecule has 0 atom stereocenters. The number of nitroso groups, excluding NO2 is 1. The number of hydrogen-bond acceptors (Lipinski definition) is 5. The number of hydrogen-bond donors (Lipinski definition) is 0. The van der Waals surface area contributed by atoms with E-state index in [2.05, 4.69) is 20.2 Å². The van der Waals surface area contributed by atoms with Gasteiger partial charge in [0.15, 0.2) is 5.82 Å². The summed E-state index contributed by atoms with van der Waals surface area (Å²) >= 11 is 0. The molecular weight excluding hydrogens is 194 g/mol. The third-order valence-corrected chi connectivity index (χ3v) is 2.52. The van der Waals surface area contributed by atoms with Crippen molar-refractivity contribution in [3.63, 3.8) is 0 Å². The predicted octanol–water partition coefficient (Wildman–Crippen LogP) is 1.19. The van der Waals surface area contributed by atoms with Crippen molar-refractivity contribution in [1.29, 1.82) is 0 Å². The van der Waals surface area contributed by atoms with E-state index in [0.29, 0.717) is 5.82 Å². The van der Waals surface area contributed by atoms with Crippen molar-refractivity contribution < 1.29 is 0 Å². The summed E-state index contributed by atoms with van der Waals surface area (Å²) in [4.78, 5) is 20.7. The molecule has 0 spiro atoms. The molecule has 0 aromatic carbocycles. The van der Waals surface area contributed by atoms with Crippen LogP contribution in [-0.4, -0.2) is 30.1 Å². The molecule has 1 fully saturated rings. The molecule has 6 heteroatoms. The zero-order valence-electron chi connectivity index (χ0n) is 8.63. The van der Waals surface area contributed by atoms with Crippen molar-refractivity contribution in [1.82, 2.24) is 9.97 Å².